The summed E-state index contributed by atoms with van der Waals surface area (Å²) >= 11 is 0. The lowest BCUT2D eigenvalue weighted by Crippen LogP contribution is -2.23. The van der Waals surface area contributed by atoms with E-state index in [1.807, 2.05) is 48.7 Å². The Balaban J connectivity index is 1.56. The number of aromatic amines is 1. The van der Waals surface area contributed by atoms with Crippen molar-refractivity contribution in [3.05, 3.63) is 72.2 Å². The van der Waals surface area contributed by atoms with E-state index in [1.54, 1.807) is 12.3 Å². The van der Waals surface area contributed by atoms with Crippen LogP contribution in [-0.2, 0) is 6.54 Å². The third-order valence-corrected chi connectivity index (χ3v) is 3.82. The number of rotatable bonds is 3. The number of hydrogen-bond acceptors (Lipinski definition) is 3. The van der Waals surface area contributed by atoms with E-state index in [4.69, 9.17) is 0 Å². The first-order valence-corrected chi connectivity index (χ1v) is 7.36. The SMILES string of the molecule is O=C(NCc1ccnc2[nH]ccc12)c1ccc2ccccc2n1. The molecule has 2 N–H and O–H groups in total. The van der Waals surface area contributed by atoms with Crippen molar-refractivity contribution in [3.63, 3.8) is 0 Å². The fourth-order valence-electron chi connectivity index (χ4n) is 2.63. The zero-order valence-corrected chi connectivity index (χ0v) is 12.3. The van der Waals surface area contributed by atoms with Gasteiger partial charge < -0.3 is 10.3 Å². The van der Waals surface area contributed by atoms with E-state index in [-0.39, 0.29) is 5.91 Å². The molecule has 23 heavy (non-hydrogen) atoms. The minimum Gasteiger partial charge on any atom is -0.347 e. The minimum atomic E-state index is -0.184. The summed E-state index contributed by atoms with van der Waals surface area (Å²) in [5, 5.41) is 4.95. The highest BCUT2D eigenvalue weighted by atomic mass is 16.1. The highest BCUT2D eigenvalue weighted by molar-refractivity contribution is 5.95. The van der Waals surface area contributed by atoms with Gasteiger partial charge in [0.2, 0.25) is 0 Å². The molecule has 0 fully saturated rings. The standard InChI is InChI=1S/C18H14N4O/c23-18(16-6-5-12-3-1-2-4-15(12)22-16)21-11-13-7-9-19-17-14(13)8-10-20-17/h1-10H,11H2,(H,19,20)(H,21,23). The molecule has 0 aliphatic heterocycles. The normalized spacial score (nSPS) is 11.0. The van der Waals surface area contributed by atoms with Crippen LogP contribution in [0.1, 0.15) is 16.1 Å². The molecule has 5 heteroatoms. The van der Waals surface area contributed by atoms with Gasteiger partial charge in [0.1, 0.15) is 11.3 Å². The first-order valence-electron chi connectivity index (χ1n) is 7.36. The van der Waals surface area contributed by atoms with E-state index in [0.29, 0.717) is 12.2 Å². The maximum Gasteiger partial charge on any atom is 0.270 e. The van der Waals surface area contributed by atoms with Crippen LogP contribution in [0.25, 0.3) is 21.9 Å². The van der Waals surface area contributed by atoms with Gasteiger partial charge in [0.25, 0.3) is 5.91 Å². The number of fused-ring (bicyclic) bond motifs is 2. The molecule has 3 heterocycles. The van der Waals surface area contributed by atoms with Crippen molar-refractivity contribution in [1.29, 1.82) is 0 Å². The van der Waals surface area contributed by atoms with E-state index in [2.05, 4.69) is 20.3 Å². The first kappa shape index (κ1) is 13.5. The Kier molecular flexibility index (Phi) is 3.24. The summed E-state index contributed by atoms with van der Waals surface area (Å²) in [6.07, 6.45) is 3.57. The van der Waals surface area contributed by atoms with Crippen LogP contribution in [0, 0.1) is 0 Å². The van der Waals surface area contributed by atoms with Gasteiger partial charge in [0, 0.05) is 29.7 Å². The zero-order chi connectivity index (χ0) is 15.6. The van der Waals surface area contributed by atoms with Crippen molar-refractivity contribution in [1.82, 2.24) is 20.3 Å². The smallest absolute Gasteiger partial charge is 0.270 e. The van der Waals surface area contributed by atoms with Crippen LogP contribution in [0.4, 0.5) is 0 Å². The number of nitrogens with zero attached hydrogens (tertiary/aromatic N) is 2. The number of benzene rings is 1. The number of para-hydroxylation sites is 1. The molecule has 0 saturated heterocycles. The molecule has 0 saturated carbocycles. The lowest BCUT2D eigenvalue weighted by atomic mass is 10.2. The molecular weight excluding hydrogens is 288 g/mol. The number of carbonyl (C=O) groups is 1. The van der Waals surface area contributed by atoms with Crippen LogP contribution in [0.2, 0.25) is 0 Å². The summed E-state index contributed by atoms with van der Waals surface area (Å²) in [5.74, 6) is -0.184. The van der Waals surface area contributed by atoms with E-state index in [0.717, 1.165) is 27.5 Å². The van der Waals surface area contributed by atoms with Crippen molar-refractivity contribution in [2.45, 2.75) is 6.54 Å². The summed E-state index contributed by atoms with van der Waals surface area (Å²) in [4.78, 5) is 24.1. The van der Waals surface area contributed by atoms with Gasteiger partial charge in [-0.05, 0) is 29.8 Å². The van der Waals surface area contributed by atoms with E-state index in [1.165, 1.54) is 0 Å². The first-order chi connectivity index (χ1) is 11.3. The Morgan fingerprint density at radius 2 is 2.00 bits per heavy atom. The molecule has 4 aromatic rings. The number of aromatic nitrogens is 3. The van der Waals surface area contributed by atoms with Gasteiger partial charge in [-0.2, -0.15) is 0 Å². The molecule has 0 aliphatic carbocycles. The highest BCUT2D eigenvalue weighted by Gasteiger charge is 2.09. The molecule has 1 aromatic carbocycles. The largest absolute Gasteiger partial charge is 0.347 e. The summed E-state index contributed by atoms with van der Waals surface area (Å²) in [7, 11) is 0. The van der Waals surface area contributed by atoms with Crippen LogP contribution in [0.5, 0.6) is 0 Å². The molecule has 0 spiro atoms. The van der Waals surface area contributed by atoms with E-state index >= 15 is 0 Å². The van der Waals surface area contributed by atoms with Crippen molar-refractivity contribution in [2.75, 3.05) is 0 Å². The van der Waals surface area contributed by atoms with Gasteiger partial charge in [-0.1, -0.05) is 24.3 Å². The van der Waals surface area contributed by atoms with Gasteiger partial charge >= 0.3 is 0 Å². The van der Waals surface area contributed by atoms with Gasteiger partial charge in [-0.3, -0.25) is 4.79 Å². The molecule has 3 aromatic heterocycles. The summed E-state index contributed by atoms with van der Waals surface area (Å²) < 4.78 is 0. The number of hydrogen-bond donors (Lipinski definition) is 2. The monoisotopic (exact) mass is 302 g/mol. The van der Waals surface area contributed by atoms with Gasteiger partial charge in [0.15, 0.2) is 0 Å². The van der Waals surface area contributed by atoms with Crippen molar-refractivity contribution in [2.24, 2.45) is 0 Å². The van der Waals surface area contributed by atoms with Crippen molar-refractivity contribution >= 4 is 27.8 Å². The number of nitrogens with one attached hydrogen (secondary N) is 2. The molecule has 0 atom stereocenters. The second kappa shape index (κ2) is 5.53. The molecular formula is C18H14N4O. The number of H-pyrrole nitrogens is 1. The number of amides is 1. The zero-order valence-electron chi connectivity index (χ0n) is 12.3. The number of carbonyl (C=O) groups excluding carboxylic acids is 1. The third kappa shape index (κ3) is 2.53. The van der Waals surface area contributed by atoms with E-state index in [9.17, 15) is 4.79 Å². The lowest BCUT2D eigenvalue weighted by molar-refractivity contribution is 0.0946. The maximum atomic E-state index is 12.3. The highest BCUT2D eigenvalue weighted by Crippen LogP contribution is 2.15. The lowest BCUT2D eigenvalue weighted by Gasteiger charge is -2.07. The van der Waals surface area contributed by atoms with Gasteiger partial charge in [0.05, 0.1) is 5.52 Å². The molecule has 112 valence electrons. The molecule has 0 unspecified atom stereocenters. The second-order valence-electron chi connectivity index (χ2n) is 5.28. The number of pyridine rings is 2. The summed E-state index contributed by atoms with van der Waals surface area (Å²) in [6, 6.07) is 15.3. The topological polar surface area (TPSA) is 70.7 Å². The molecule has 1 amide bonds. The molecule has 0 aliphatic rings. The minimum absolute atomic E-state index is 0.184. The quantitative estimate of drug-likeness (QED) is 0.611. The second-order valence-corrected chi connectivity index (χ2v) is 5.28. The Morgan fingerprint density at radius 1 is 1.09 bits per heavy atom. The fourth-order valence-corrected chi connectivity index (χ4v) is 2.63. The fraction of sp³-hybridized carbons (Fsp3) is 0.0556. The van der Waals surface area contributed by atoms with E-state index < -0.39 is 0 Å². The predicted molar refractivity (Wildman–Crippen MR) is 89.0 cm³/mol. The van der Waals surface area contributed by atoms with Crippen LogP contribution in [0.3, 0.4) is 0 Å². The van der Waals surface area contributed by atoms with Gasteiger partial charge in [-0.15, -0.1) is 0 Å². The van der Waals surface area contributed by atoms with Crippen LogP contribution >= 0.6 is 0 Å². The Labute approximate surface area is 132 Å². The van der Waals surface area contributed by atoms with Crippen LogP contribution in [-0.4, -0.2) is 20.9 Å². The van der Waals surface area contributed by atoms with Crippen molar-refractivity contribution in [3.8, 4) is 0 Å². The van der Waals surface area contributed by atoms with Crippen LogP contribution in [0.15, 0.2) is 60.9 Å². The maximum absolute atomic E-state index is 12.3. The average molecular weight is 302 g/mol. The predicted octanol–water partition coefficient (Wildman–Crippen LogP) is 3.04. The third-order valence-electron chi connectivity index (χ3n) is 3.82. The molecule has 4 rings (SSSR count). The molecule has 0 bridgehead atoms. The Hall–Kier alpha value is -3.21. The molecule has 0 radical (unpaired) electrons. The summed E-state index contributed by atoms with van der Waals surface area (Å²) in [6.45, 7) is 0.435. The summed E-state index contributed by atoms with van der Waals surface area (Å²) in [5.41, 5.74) is 3.08. The van der Waals surface area contributed by atoms with Gasteiger partial charge in [-0.25, -0.2) is 9.97 Å². The van der Waals surface area contributed by atoms with Crippen molar-refractivity contribution < 1.29 is 4.79 Å². The Morgan fingerprint density at radius 3 is 2.96 bits per heavy atom. The Bertz CT molecular complexity index is 1010. The average Bonchev–Trinajstić information content (AvgIpc) is 3.08. The van der Waals surface area contributed by atoms with Crippen LogP contribution < -0.4 is 5.32 Å². The molecule has 5 nitrogen and oxygen atoms in total.